The third kappa shape index (κ3) is 5.19. The van der Waals surface area contributed by atoms with Gasteiger partial charge in [-0.15, -0.1) is 0 Å². The van der Waals surface area contributed by atoms with Crippen molar-refractivity contribution in [2.24, 2.45) is 11.8 Å². The van der Waals surface area contributed by atoms with Crippen molar-refractivity contribution in [3.05, 3.63) is 35.5 Å². The molecule has 2 fully saturated rings. The van der Waals surface area contributed by atoms with Gasteiger partial charge in [-0.1, -0.05) is 12.8 Å². The lowest BCUT2D eigenvalue weighted by molar-refractivity contribution is -0.125. The van der Waals surface area contributed by atoms with Gasteiger partial charge in [0.1, 0.15) is 17.8 Å². The zero-order valence-corrected chi connectivity index (χ0v) is 19.0. The number of rotatable bonds is 8. The van der Waals surface area contributed by atoms with Crippen molar-refractivity contribution in [2.45, 2.75) is 63.6 Å². The molecule has 3 amide bonds. The molecule has 1 saturated heterocycles. The fourth-order valence-corrected chi connectivity index (χ4v) is 4.50. The van der Waals surface area contributed by atoms with Crippen molar-refractivity contribution in [3.8, 4) is 6.07 Å². The van der Waals surface area contributed by atoms with Crippen LogP contribution in [-0.2, 0) is 9.59 Å². The van der Waals surface area contributed by atoms with E-state index in [9.17, 15) is 28.4 Å². The lowest BCUT2D eigenvalue weighted by Gasteiger charge is -2.21. The average molecular weight is 472 g/mol. The highest BCUT2D eigenvalue weighted by molar-refractivity contribution is 6.00. The molecule has 1 aromatic heterocycles. The van der Waals surface area contributed by atoms with E-state index in [0.29, 0.717) is 18.2 Å². The quantitative estimate of drug-likeness (QED) is 0.472. The first kappa shape index (κ1) is 23.7. The number of nitriles is 1. The van der Waals surface area contributed by atoms with Crippen LogP contribution in [0, 0.1) is 34.8 Å². The van der Waals surface area contributed by atoms with Gasteiger partial charge in [-0.3, -0.25) is 14.4 Å². The maximum absolute atomic E-state index is 14.0. The zero-order valence-electron chi connectivity index (χ0n) is 19.0. The summed E-state index contributed by atoms with van der Waals surface area (Å²) >= 11 is 0. The van der Waals surface area contributed by atoms with Crippen LogP contribution in [0.15, 0.2) is 18.2 Å². The summed E-state index contributed by atoms with van der Waals surface area (Å²) in [6, 6.07) is 3.96. The van der Waals surface area contributed by atoms with E-state index in [1.165, 1.54) is 12.1 Å². The Morgan fingerprint density at radius 3 is 2.59 bits per heavy atom. The van der Waals surface area contributed by atoms with E-state index in [1.54, 1.807) is 0 Å². The Kier molecular flexibility index (Phi) is 6.30. The number of amides is 3. The van der Waals surface area contributed by atoms with Crippen LogP contribution >= 0.6 is 0 Å². The summed E-state index contributed by atoms with van der Waals surface area (Å²) in [4.78, 5) is 40.6. The van der Waals surface area contributed by atoms with Crippen molar-refractivity contribution in [1.29, 1.82) is 5.26 Å². The molecule has 1 aromatic carbocycles. The van der Waals surface area contributed by atoms with Crippen molar-refractivity contribution < 1.29 is 23.2 Å². The Balaban J connectivity index is 1.44. The molecule has 1 aliphatic carbocycles. The maximum atomic E-state index is 14.0. The zero-order chi connectivity index (χ0) is 24.6. The van der Waals surface area contributed by atoms with Crippen LogP contribution < -0.4 is 16.0 Å². The number of halogens is 2. The third-order valence-corrected chi connectivity index (χ3v) is 6.40. The molecule has 0 bridgehead atoms. The number of nitrogens with zero attached hydrogens (tertiary/aromatic N) is 1. The molecule has 2 aromatic rings. The van der Waals surface area contributed by atoms with Gasteiger partial charge in [-0.25, -0.2) is 8.78 Å². The SMILES string of the molecule is CC1(C)C[C@@H](C[C@@H](C#N)NC(=O)[C@H](CC2CC2)NC(=O)c2cc3ccc(F)c(F)c3[nH]2)C(=O)N1. The second-order valence-corrected chi connectivity index (χ2v) is 9.91. The van der Waals surface area contributed by atoms with Gasteiger partial charge in [0, 0.05) is 16.8 Å². The van der Waals surface area contributed by atoms with Crippen LogP contribution in [0.4, 0.5) is 8.78 Å². The maximum Gasteiger partial charge on any atom is 0.268 e. The molecular weight excluding hydrogens is 444 g/mol. The van der Waals surface area contributed by atoms with Crippen LogP contribution in [0.1, 0.15) is 56.4 Å². The Hall–Kier alpha value is -3.48. The van der Waals surface area contributed by atoms with Crippen LogP contribution in [0.5, 0.6) is 0 Å². The Morgan fingerprint density at radius 2 is 1.97 bits per heavy atom. The van der Waals surface area contributed by atoms with Gasteiger partial charge < -0.3 is 20.9 Å². The van der Waals surface area contributed by atoms with Crippen LogP contribution in [0.25, 0.3) is 10.9 Å². The number of aromatic nitrogens is 1. The Labute approximate surface area is 195 Å². The normalized spacial score (nSPS) is 20.9. The molecule has 8 nitrogen and oxygen atoms in total. The minimum Gasteiger partial charge on any atom is -0.351 e. The molecule has 4 rings (SSSR count). The minimum absolute atomic E-state index is 0.00483. The van der Waals surface area contributed by atoms with Gasteiger partial charge in [0.25, 0.3) is 5.91 Å². The molecule has 0 unspecified atom stereocenters. The summed E-state index contributed by atoms with van der Waals surface area (Å²) in [6.45, 7) is 3.80. The summed E-state index contributed by atoms with van der Waals surface area (Å²) in [5, 5.41) is 18.1. The number of carbonyl (C=O) groups excluding carboxylic acids is 3. The molecule has 1 aliphatic heterocycles. The van der Waals surface area contributed by atoms with Gasteiger partial charge in [-0.2, -0.15) is 5.26 Å². The molecule has 3 atom stereocenters. The van der Waals surface area contributed by atoms with Gasteiger partial charge in [0.2, 0.25) is 11.8 Å². The van der Waals surface area contributed by atoms with Crippen molar-refractivity contribution in [1.82, 2.24) is 20.9 Å². The molecule has 0 radical (unpaired) electrons. The number of H-pyrrole nitrogens is 1. The van der Waals surface area contributed by atoms with Crippen molar-refractivity contribution >= 4 is 28.6 Å². The van der Waals surface area contributed by atoms with Crippen molar-refractivity contribution in [3.63, 3.8) is 0 Å². The second kappa shape index (κ2) is 9.05. The number of fused-ring (bicyclic) bond motifs is 1. The minimum atomic E-state index is -1.08. The predicted octanol–water partition coefficient (Wildman–Crippen LogP) is 2.66. The molecule has 0 spiro atoms. The van der Waals surface area contributed by atoms with Gasteiger partial charge in [0.05, 0.1) is 11.6 Å². The van der Waals surface area contributed by atoms with Gasteiger partial charge in [-0.05, 0) is 57.2 Å². The van der Waals surface area contributed by atoms with Crippen molar-refractivity contribution in [2.75, 3.05) is 0 Å². The highest BCUT2D eigenvalue weighted by Gasteiger charge is 2.39. The molecule has 4 N–H and O–H groups in total. The van der Waals surface area contributed by atoms with Crippen LogP contribution in [0.3, 0.4) is 0 Å². The molecule has 180 valence electrons. The molecule has 34 heavy (non-hydrogen) atoms. The van der Waals surface area contributed by atoms with Gasteiger partial charge >= 0.3 is 0 Å². The smallest absolute Gasteiger partial charge is 0.268 e. The average Bonchev–Trinajstić information content (AvgIpc) is 3.41. The summed E-state index contributed by atoms with van der Waals surface area (Å²) in [5.41, 5.74) is -0.499. The van der Waals surface area contributed by atoms with E-state index in [-0.39, 0.29) is 35.0 Å². The first-order chi connectivity index (χ1) is 16.1. The lowest BCUT2D eigenvalue weighted by atomic mass is 9.92. The summed E-state index contributed by atoms with van der Waals surface area (Å²) < 4.78 is 27.5. The molecular formula is C24H27F2N5O3. The molecule has 2 heterocycles. The predicted molar refractivity (Wildman–Crippen MR) is 119 cm³/mol. The van der Waals surface area contributed by atoms with Crippen LogP contribution in [-0.4, -0.2) is 40.3 Å². The monoisotopic (exact) mass is 471 g/mol. The number of aromatic amines is 1. The summed E-state index contributed by atoms with van der Waals surface area (Å²) in [6.07, 6.45) is 3.01. The van der Waals surface area contributed by atoms with E-state index >= 15 is 0 Å². The fraction of sp³-hybridized carbons (Fsp3) is 0.500. The number of carbonyl (C=O) groups is 3. The van der Waals surface area contributed by atoms with Gasteiger partial charge in [0.15, 0.2) is 11.6 Å². The first-order valence-corrected chi connectivity index (χ1v) is 11.4. The second-order valence-electron chi connectivity index (χ2n) is 9.91. The molecule has 10 heteroatoms. The number of nitrogens with one attached hydrogen (secondary N) is 4. The topological polar surface area (TPSA) is 127 Å². The van der Waals surface area contributed by atoms with E-state index < -0.39 is 41.5 Å². The highest BCUT2D eigenvalue weighted by Crippen LogP contribution is 2.34. The lowest BCUT2D eigenvalue weighted by Crippen LogP contribution is -2.50. The Morgan fingerprint density at radius 1 is 1.24 bits per heavy atom. The summed E-state index contributed by atoms with van der Waals surface area (Å²) in [7, 11) is 0. The number of hydrogen-bond donors (Lipinski definition) is 4. The fourth-order valence-electron chi connectivity index (χ4n) is 4.50. The molecule has 1 saturated carbocycles. The number of benzene rings is 1. The third-order valence-electron chi connectivity index (χ3n) is 6.40. The highest BCUT2D eigenvalue weighted by atomic mass is 19.2. The van der Waals surface area contributed by atoms with Crippen LogP contribution in [0.2, 0.25) is 0 Å². The van der Waals surface area contributed by atoms with E-state index in [0.717, 1.165) is 18.9 Å². The van der Waals surface area contributed by atoms with E-state index in [4.69, 9.17) is 0 Å². The van der Waals surface area contributed by atoms with E-state index in [2.05, 4.69) is 20.9 Å². The first-order valence-electron chi connectivity index (χ1n) is 11.4. The largest absolute Gasteiger partial charge is 0.351 e. The Bertz CT molecular complexity index is 1180. The standard InChI is InChI=1S/C24H27F2N5O3/c1-24(2)10-14(21(32)31-24)8-15(11-27)28-22(33)17(7-12-3-4-12)30-23(34)18-9-13-5-6-16(25)19(26)20(13)29-18/h5-6,9,12,14-15,17,29H,3-4,7-8,10H2,1-2H3,(H,28,33)(H,30,34)(H,31,32)/t14-,15+,17+/m1/s1. The molecule has 2 aliphatic rings. The number of hydrogen-bond acceptors (Lipinski definition) is 4. The summed E-state index contributed by atoms with van der Waals surface area (Å²) in [5.74, 6) is -3.52. The van der Waals surface area contributed by atoms with E-state index in [1.807, 2.05) is 19.9 Å².